The third-order valence-electron chi connectivity index (χ3n) is 2.40. The van der Waals surface area contributed by atoms with Crippen molar-refractivity contribution in [2.45, 2.75) is 32.4 Å². The minimum Gasteiger partial charge on any atom is -0.273 e. The number of hydrogen-bond acceptors (Lipinski definition) is 4. The Hall–Kier alpha value is -0.520. The first kappa shape index (κ1) is 12.5. The van der Waals surface area contributed by atoms with Gasteiger partial charge in [-0.15, -0.1) is 0 Å². The summed E-state index contributed by atoms with van der Waals surface area (Å²) in [5.74, 6) is 6.65. The smallest absolute Gasteiger partial charge is 0.0522 e. The maximum atomic E-state index is 5.51. The van der Waals surface area contributed by atoms with Gasteiger partial charge in [0.25, 0.3) is 0 Å². The van der Waals surface area contributed by atoms with E-state index in [2.05, 4.69) is 29.9 Å². The maximum absolute atomic E-state index is 5.51. The van der Waals surface area contributed by atoms with Crippen LogP contribution in [0.25, 0.3) is 0 Å². The van der Waals surface area contributed by atoms with Crippen LogP contribution in [-0.2, 0) is 13.0 Å². The van der Waals surface area contributed by atoms with E-state index in [9.17, 15) is 0 Å². The Morgan fingerprint density at radius 2 is 2.47 bits per heavy atom. The molecule has 0 bridgehead atoms. The quantitative estimate of drug-likeness (QED) is 0.540. The molecule has 0 aromatic carbocycles. The SMILES string of the molecule is CCn1cc(CC(CCSC)NN)cn1. The van der Waals surface area contributed by atoms with Crippen molar-refractivity contribution in [3.63, 3.8) is 0 Å². The van der Waals surface area contributed by atoms with Gasteiger partial charge in [0.1, 0.15) is 0 Å². The molecule has 15 heavy (non-hydrogen) atoms. The summed E-state index contributed by atoms with van der Waals surface area (Å²) in [6, 6.07) is 0.354. The minimum atomic E-state index is 0.354. The van der Waals surface area contributed by atoms with Crippen LogP contribution < -0.4 is 11.3 Å². The van der Waals surface area contributed by atoms with Gasteiger partial charge >= 0.3 is 0 Å². The Morgan fingerprint density at radius 3 is 3.00 bits per heavy atom. The maximum Gasteiger partial charge on any atom is 0.0522 e. The zero-order chi connectivity index (χ0) is 11.1. The van der Waals surface area contributed by atoms with Gasteiger partial charge in [0.15, 0.2) is 0 Å². The van der Waals surface area contributed by atoms with E-state index in [-0.39, 0.29) is 0 Å². The summed E-state index contributed by atoms with van der Waals surface area (Å²) in [4.78, 5) is 0. The fourth-order valence-electron chi connectivity index (χ4n) is 1.47. The van der Waals surface area contributed by atoms with Crippen LogP contribution in [0.2, 0.25) is 0 Å². The molecule has 86 valence electrons. The normalized spacial score (nSPS) is 13.0. The largest absolute Gasteiger partial charge is 0.273 e. The van der Waals surface area contributed by atoms with E-state index in [0.29, 0.717) is 6.04 Å². The number of nitrogens with zero attached hydrogens (tertiary/aromatic N) is 2. The average molecular weight is 228 g/mol. The average Bonchev–Trinajstić information content (AvgIpc) is 2.71. The second-order valence-electron chi connectivity index (χ2n) is 3.55. The number of rotatable bonds is 7. The molecule has 0 aliphatic rings. The van der Waals surface area contributed by atoms with E-state index < -0.39 is 0 Å². The predicted molar refractivity (Wildman–Crippen MR) is 65.7 cm³/mol. The number of nitrogens with one attached hydrogen (secondary N) is 1. The second-order valence-corrected chi connectivity index (χ2v) is 4.54. The van der Waals surface area contributed by atoms with Crippen molar-refractivity contribution in [1.29, 1.82) is 0 Å². The summed E-state index contributed by atoms with van der Waals surface area (Å²) in [6.45, 7) is 3.01. The standard InChI is InChI=1S/C10H20N4S/c1-3-14-8-9(7-12-14)6-10(13-11)4-5-15-2/h7-8,10,13H,3-6,11H2,1-2H3. The molecule has 1 aromatic rings. The van der Waals surface area contributed by atoms with Crippen LogP contribution in [0.4, 0.5) is 0 Å². The van der Waals surface area contributed by atoms with Crippen molar-refractivity contribution >= 4 is 11.8 Å². The Labute approximate surface area is 95.6 Å². The number of aromatic nitrogens is 2. The van der Waals surface area contributed by atoms with Crippen LogP contribution in [0.1, 0.15) is 18.9 Å². The molecule has 1 aromatic heterocycles. The molecular formula is C10H20N4S. The van der Waals surface area contributed by atoms with E-state index in [1.807, 2.05) is 22.6 Å². The molecular weight excluding hydrogens is 208 g/mol. The molecule has 0 spiro atoms. The fraction of sp³-hybridized carbons (Fsp3) is 0.700. The third-order valence-corrected chi connectivity index (χ3v) is 3.04. The molecule has 1 rings (SSSR count). The number of nitrogens with two attached hydrogens (primary N) is 1. The van der Waals surface area contributed by atoms with Crippen molar-refractivity contribution < 1.29 is 0 Å². The highest BCUT2D eigenvalue weighted by molar-refractivity contribution is 7.98. The van der Waals surface area contributed by atoms with Gasteiger partial charge in [0.2, 0.25) is 0 Å². The zero-order valence-corrected chi connectivity index (χ0v) is 10.3. The number of aryl methyl sites for hydroxylation is 1. The number of thioether (sulfide) groups is 1. The van der Waals surface area contributed by atoms with Gasteiger partial charge in [-0.25, -0.2) is 0 Å². The van der Waals surface area contributed by atoms with Crippen molar-refractivity contribution in [3.05, 3.63) is 18.0 Å². The third kappa shape index (κ3) is 4.24. The van der Waals surface area contributed by atoms with E-state index in [1.54, 1.807) is 0 Å². The zero-order valence-electron chi connectivity index (χ0n) is 9.44. The lowest BCUT2D eigenvalue weighted by Gasteiger charge is -2.13. The van der Waals surface area contributed by atoms with Gasteiger partial charge in [-0.05, 0) is 37.3 Å². The Balaban J connectivity index is 2.43. The van der Waals surface area contributed by atoms with Crippen molar-refractivity contribution in [1.82, 2.24) is 15.2 Å². The van der Waals surface area contributed by atoms with Gasteiger partial charge in [-0.1, -0.05) is 0 Å². The Bertz CT molecular complexity index is 274. The number of hydrazine groups is 1. The molecule has 1 unspecified atom stereocenters. The van der Waals surface area contributed by atoms with Crippen LogP contribution in [0.3, 0.4) is 0 Å². The number of hydrogen-bond donors (Lipinski definition) is 2. The molecule has 5 heteroatoms. The Morgan fingerprint density at radius 1 is 1.67 bits per heavy atom. The van der Waals surface area contributed by atoms with E-state index in [0.717, 1.165) is 25.1 Å². The van der Waals surface area contributed by atoms with Gasteiger partial charge < -0.3 is 0 Å². The first-order valence-corrected chi connectivity index (χ1v) is 6.66. The van der Waals surface area contributed by atoms with Crippen LogP contribution >= 0.6 is 11.8 Å². The second kappa shape index (κ2) is 6.87. The fourth-order valence-corrected chi connectivity index (χ4v) is 1.99. The molecule has 4 nitrogen and oxygen atoms in total. The van der Waals surface area contributed by atoms with Crippen LogP contribution in [0, 0.1) is 0 Å². The molecule has 0 amide bonds. The summed E-state index contributed by atoms with van der Waals surface area (Å²) in [7, 11) is 0. The summed E-state index contributed by atoms with van der Waals surface area (Å²) in [5.41, 5.74) is 4.11. The molecule has 0 saturated heterocycles. The van der Waals surface area contributed by atoms with E-state index in [1.165, 1.54) is 5.56 Å². The Kier molecular flexibility index (Phi) is 5.75. The minimum absolute atomic E-state index is 0.354. The molecule has 1 atom stereocenters. The summed E-state index contributed by atoms with van der Waals surface area (Å²) in [6.07, 6.45) is 8.17. The van der Waals surface area contributed by atoms with Crippen LogP contribution in [0.15, 0.2) is 12.4 Å². The van der Waals surface area contributed by atoms with Gasteiger partial charge in [0.05, 0.1) is 6.20 Å². The van der Waals surface area contributed by atoms with Gasteiger partial charge in [-0.3, -0.25) is 16.0 Å². The summed E-state index contributed by atoms with van der Waals surface area (Å²) >= 11 is 1.85. The lowest BCUT2D eigenvalue weighted by molar-refractivity contribution is 0.514. The van der Waals surface area contributed by atoms with E-state index >= 15 is 0 Å². The molecule has 0 radical (unpaired) electrons. The first-order valence-electron chi connectivity index (χ1n) is 5.26. The van der Waals surface area contributed by atoms with Crippen molar-refractivity contribution in [3.8, 4) is 0 Å². The highest BCUT2D eigenvalue weighted by Gasteiger charge is 2.08. The molecule has 0 aliphatic carbocycles. The molecule has 0 saturated carbocycles. The van der Waals surface area contributed by atoms with Gasteiger partial charge in [-0.2, -0.15) is 16.9 Å². The topological polar surface area (TPSA) is 55.9 Å². The highest BCUT2D eigenvalue weighted by Crippen LogP contribution is 2.07. The first-order chi connectivity index (χ1) is 7.30. The van der Waals surface area contributed by atoms with Crippen molar-refractivity contribution in [2.24, 2.45) is 5.84 Å². The summed E-state index contributed by atoms with van der Waals surface area (Å²) in [5, 5.41) is 4.25. The van der Waals surface area contributed by atoms with Gasteiger partial charge in [0, 0.05) is 18.8 Å². The monoisotopic (exact) mass is 228 g/mol. The lowest BCUT2D eigenvalue weighted by Crippen LogP contribution is -2.37. The predicted octanol–water partition coefficient (Wildman–Crippen LogP) is 1.03. The highest BCUT2D eigenvalue weighted by atomic mass is 32.2. The lowest BCUT2D eigenvalue weighted by atomic mass is 10.1. The van der Waals surface area contributed by atoms with Crippen LogP contribution in [0.5, 0.6) is 0 Å². The molecule has 0 fully saturated rings. The molecule has 0 aliphatic heterocycles. The van der Waals surface area contributed by atoms with Crippen LogP contribution in [-0.4, -0.2) is 27.8 Å². The molecule has 1 heterocycles. The molecule has 3 N–H and O–H groups in total. The van der Waals surface area contributed by atoms with E-state index in [4.69, 9.17) is 5.84 Å². The summed E-state index contributed by atoms with van der Waals surface area (Å²) < 4.78 is 1.94. The van der Waals surface area contributed by atoms with Crippen molar-refractivity contribution in [2.75, 3.05) is 12.0 Å².